The molecule has 40 heavy (non-hydrogen) atoms. The van der Waals surface area contributed by atoms with Gasteiger partial charge in [-0.2, -0.15) is 29.1 Å². The smallest absolute Gasteiger partial charge is 0.382 e. The Morgan fingerprint density at radius 2 is 1.77 bits per heavy atom. The zero-order valence-corrected chi connectivity index (χ0v) is 23.2. The van der Waals surface area contributed by atoms with Gasteiger partial charge in [-0.15, -0.1) is 0 Å². The molecule has 2 aliphatic heterocycles. The first kappa shape index (κ1) is 28.8. The van der Waals surface area contributed by atoms with Gasteiger partial charge in [0.1, 0.15) is 17.5 Å². The van der Waals surface area contributed by atoms with Crippen LogP contribution in [0.15, 0.2) is 44.9 Å². The van der Waals surface area contributed by atoms with Gasteiger partial charge in [0.15, 0.2) is 0 Å². The molecule has 3 aromatic rings. The fourth-order valence-electron chi connectivity index (χ4n) is 5.55. The average molecular weight is 587 g/mol. The lowest BCUT2D eigenvalue weighted by Crippen LogP contribution is -2.55. The van der Waals surface area contributed by atoms with Gasteiger partial charge in [0, 0.05) is 59.3 Å². The number of nitrogens with one attached hydrogen (secondary N) is 1. The van der Waals surface area contributed by atoms with Crippen LogP contribution in [0.25, 0.3) is 10.9 Å². The lowest BCUT2D eigenvalue weighted by Gasteiger charge is -2.37. The summed E-state index contributed by atoms with van der Waals surface area (Å²) in [6, 6.07) is 5.12. The minimum Gasteiger partial charge on any atom is -0.382 e. The highest BCUT2D eigenvalue weighted by molar-refractivity contribution is 8.17. The third-order valence-electron chi connectivity index (χ3n) is 7.12. The second-order valence-electron chi connectivity index (χ2n) is 10.3. The normalized spacial score (nSPS) is 24.4. The van der Waals surface area contributed by atoms with Gasteiger partial charge in [-0.05, 0) is 38.1 Å². The summed E-state index contributed by atoms with van der Waals surface area (Å²) in [6.07, 6.45) is -5.36. The zero-order valence-electron chi connectivity index (χ0n) is 22.3. The maximum absolute atomic E-state index is 15.2. The van der Waals surface area contributed by atoms with Gasteiger partial charge in [0.05, 0.1) is 36.9 Å². The molecule has 4 atom stereocenters. The van der Waals surface area contributed by atoms with Gasteiger partial charge in [0.25, 0.3) is 0 Å². The van der Waals surface area contributed by atoms with Crippen LogP contribution in [-0.4, -0.2) is 66.9 Å². The molecule has 218 valence electrons. The Morgan fingerprint density at radius 1 is 1.05 bits per heavy atom. The number of nitrogens with zero attached hydrogens (tertiary/aromatic N) is 3. The van der Waals surface area contributed by atoms with Crippen molar-refractivity contribution in [3.8, 4) is 0 Å². The third kappa shape index (κ3) is 5.69. The minimum atomic E-state index is -4.71. The Labute approximate surface area is 230 Å². The molecular formula is C27H31F5N4O3S. The highest BCUT2D eigenvalue weighted by Crippen LogP contribution is 2.52. The topological polar surface area (TPSA) is 68.6 Å². The van der Waals surface area contributed by atoms with E-state index < -0.39 is 46.1 Å². The van der Waals surface area contributed by atoms with E-state index in [0.717, 1.165) is 24.3 Å². The van der Waals surface area contributed by atoms with Crippen LogP contribution in [0.1, 0.15) is 19.4 Å². The van der Waals surface area contributed by atoms with Crippen molar-refractivity contribution in [1.82, 2.24) is 14.9 Å². The Hall–Kier alpha value is -2.74. The van der Waals surface area contributed by atoms with Gasteiger partial charge in [0.2, 0.25) is 0 Å². The van der Waals surface area contributed by atoms with Crippen LogP contribution in [0.2, 0.25) is 0 Å². The molecule has 5 rings (SSSR count). The molecule has 0 spiro atoms. The monoisotopic (exact) mass is 586 g/mol. The molecule has 7 nitrogen and oxygen atoms in total. The van der Waals surface area contributed by atoms with Gasteiger partial charge >= 0.3 is 11.9 Å². The second kappa shape index (κ2) is 11.3. The molecule has 0 bridgehead atoms. The number of hydrogen-bond acceptors (Lipinski definition) is 6. The fourth-order valence-corrected chi connectivity index (χ4v) is 8.20. The first-order valence-corrected chi connectivity index (χ1v) is 14.5. The number of benzene rings is 2. The maximum Gasteiger partial charge on any atom is 0.416 e. The summed E-state index contributed by atoms with van der Waals surface area (Å²) in [5.41, 5.74) is -1.28. The molecule has 0 radical (unpaired) electrons. The van der Waals surface area contributed by atoms with Crippen LogP contribution in [-0.2, 0) is 22.2 Å². The SMILES string of the molecule is COCCO[C@@H]1Cn2c(=O)nc(N3C[C@@H](C)N[C@@H](C)C3)c3cc(C(F)(F)F)cc(c32)[SH](c2ccc(F)cc2F)C1. The number of rotatable bonds is 6. The van der Waals surface area contributed by atoms with Crippen LogP contribution in [0, 0.1) is 11.6 Å². The van der Waals surface area contributed by atoms with Crippen molar-refractivity contribution in [2.45, 2.75) is 54.5 Å². The van der Waals surface area contributed by atoms with E-state index in [4.69, 9.17) is 9.47 Å². The predicted molar refractivity (Wildman–Crippen MR) is 144 cm³/mol. The van der Waals surface area contributed by atoms with Crippen molar-refractivity contribution in [2.24, 2.45) is 0 Å². The van der Waals surface area contributed by atoms with E-state index in [9.17, 15) is 22.4 Å². The number of aromatic nitrogens is 2. The summed E-state index contributed by atoms with van der Waals surface area (Å²) in [6.45, 7) is 5.21. The largest absolute Gasteiger partial charge is 0.416 e. The molecular weight excluding hydrogens is 555 g/mol. The molecule has 2 aromatic carbocycles. The lowest BCUT2D eigenvalue weighted by atomic mass is 10.1. The van der Waals surface area contributed by atoms with E-state index in [0.29, 0.717) is 13.1 Å². The van der Waals surface area contributed by atoms with Gasteiger partial charge in [-0.25, -0.2) is 13.6 Å². The molecule has 1 aromatic heterocycles. The molecule has 0 saturated carbocycles. The highest BCUT2D eigenvalue weighted by Gasteiger charge is 2.37. The van der Waals surface area contributed by atoms with Crippen LogP contribution < -0.4 is 15.9 Å². The van der Waals surface area contributed by atoms with Gasteiger partial charge < -0.3 is 19.7 Å². The Morgan fingerprint density at radius 3 is 2.42 bits per heavy atom. The fraction of sp³-hybridized carbons (Fsp3) is 0.481. The predicted octanol–water partition coefficient (Wildman–Crippen LogP) is 4.34. The number of halogens is 5. The van der Waals surface area contributed by atoms with Crippen molar-refractivity contribution >= 4 is 27.6 Å². The highest BCUT2D eigenvalue weighted by atomic mass is 32.2. The van der Waals surface area contributed by atoms with E-state index >= 15 is 4.39 Å². The third-order valence-corrected chi connectivity index (χ3v) is 9.76. The van der Waals surface area contributed by atoms with Crippen molar-refractivity contribution < 1.29 is 31.4 Å². The van der Waals surface area contributed by atoms with E-state index in [1.165, 1.54) is 17.7 Å². The summed E-state index contributed by atoms with van der Waals surface area (Å²) >= 11 is 0. The van der Waals surface area contributed by atoms with Crippen LogP contribution in [0.3, 0.4) is 0 Å². The summed E-state index contributed by atoms with van der Waals surface area (Å²) in [5, 5.41) is 3.54. The summed E-state index contributed by atoms with van der Waals surface area (Å²) < 4.78 is 84.4. The number of thiol groups is 1. The number of ether oxygens (including phenoxy) is 2. The lowest BCUT2D eigenvalue weighted by molar-refractivity contribution is -0.137. The molecule has 0 aliphatic carbocycles. The Balaban J connectivity index is 1.80. The summed E-state index contributed by atoms with van der Waals surface area (Å²) in [7, 11) is -0.341. The van der Waals surface area contributed by atoms with Crippen molar-refractivity contribution in [1.29, 1.82) is 0 Å². The maximum atomic E-state index is 15.2. The molecule has 0 amide bonds. The Kier molecular flexibility index (Phi) is 8.10. The molecule has 1 N–H and O–H groups in total. The molecule has 3 heterocycles. The van der Waals surface area contributed by atoms with E-state index in [1.807, 2.05) is 18.7 Å². The van der Waals surface area contributed by atoms with Crippen LogP contribution in [0.4, 0.5) is 27.8 Å². The average Bonchev–Trinajstić information content (AvgIpc) is 3.03. The molecule has 2 aliphatic rings. The first-order chi connectivity index (χ1) is 19.0. The van der Waals surface area contributed by atoms with Gasteiger partial charge in [-0.3, -0.25) is 4.57 Å². The molecule has 1 saturated heterocycles. The number of hydrogen-bond donors (Lipinski definition) is 2. The number of anilines is 1. The van der Waals surface area contributed by atoms with E-state index in [1.54, 1.807) is 0 Å². The number of methoxy groups -OCH3 is 1. The van der Waals surface area contributed by atoms with Crippen molar-refractivity contribution in [3.63, 3.8) is 0 Å². The Bertz CT molecular complexity index is 1460. The summed E-state index contributed by atoms with van der Waals surface area (Å²) in [4.78, 5) is 19.9. The van der Waals surface area contributed by atoms with Crippen LogP contribution in [0.5, 0.6) is 0 Å². The van der Waals surface area contributed by atoms with Gasteiger partial charge in [-0.1, -0.05) is 0 Å². The zero-order chi connectivity index (χ0) is 28.8. The minimum absolute atomic E-state index is 0.00739. The molecule has 1 unspecified atom stereocenters. The summed E-state index contributed by atoms with van der Waals surface area (Å²) in [5.74, 6) is -1.37. The number of piperazine rings is 1. The quantitative estimate of drug-likeness (QED) is 0.255. The van der Waals surface area contributed by atoms with E-state index in [2.05, 4.69) is 10.3 Å². The van der Waals surface area contributed by atoms with Crippen LogP contribution >= 0.6 is 10.9 Å². The standard InChI is InChI=1S/C27H31F5N4O3S/c1-15-11-35(12-16(2)33-15)25-20-8-17(27(30,31)32)9-23-24(20)36(26(37)34-25)13-19(39-7-6-38-3)14-40(23)22-5-4-18(28)10-21(22)29/h4-5,8-10,15-16,19,33,40H,6-7,11-14H2,1-3H3/t15-,16+,19-/m1/s1. The van der Waals surface area contributed by atoms with Crippen molar-refractivity contribution in [3.05, 3.63) is 58.0 Å². The van der Waals surface area contributed by atoms with E-state index in [-0.39, 0.29) is 64.1 Å². The molecule has 13 heteroatoms. The number of alkyl halides is 3. The second-order valence-corrected chi connectivity index (χ2v) is 12.5. The first-order valence-electron chi connectivity index (χ1n) is 13.0. The molecule has 1 fully saturated rings. The van der Waals surface area contributed by atoms with Crippen molar-refractivity contribution in [2.75, 3.05) is 44.1 Å².